The molecule has 12 nitrogen and oxygen atoms in total. The molecule has 3 aliphatic heterocycles. The highest BCUT2D eigenvalue weighted by molar-refractivity contribution is 8.14. The van der Waals surface area contributed by atoms with Crippen LogP contribution in [0.5, 0.6) is 0 Å². The quantitative estimate of drug-likeness (QED) is 0.130. The first-order chi connectivity index (χ1) is 26.8. The van der Waals surface area contributed by atoms with E-state index in [-0.39, 0.29) is 35.2 Å². The van der Waals surface area contributed by atoms with E-state index in [1.54, 1.807) is 18.2 Å². The van der Waals surface area contributed by atoms with Crippen LogP contribution in [0.3, 0.4) is 0 Å². The number of rotatable bonds is 10. The average molecular weight is 808 g/mol. The van der Waals surface area contributed by atoms with Crippen molar-refractivity contribution >= 4 is 34.8 Å². The third-order valence-corrected chi connectivity index (χ3v) is 11.5. The minimum absolute atomic E-state index is 0.0380. The lowest BCUT2D eigenvalue weighted by atomic mass is 9.95. The number of thioether (sulfide) groups is 1. The summed E-state index contributed by atoms with van der Waals surface area (Å²) in [5.74, 6) is -1.10. The Morgan fingerprint density at radius 3 is 2.21 bits per heavy atom. The molecule has 1 aliphatic carbocycles. The molecule has 4 heterocycles. The van der Waals surface area contributed by atoms with Crippen molar-refractivity contribution in [2.45, 2.75) is 87.2 Å². The SMILES string of the molecule is CCC(F)(F)c1cccc(CNC(=O)NC2=NNC(C3CCOCC3)S2)c1.O=C(NCC1(c2ccc(C(F)(F)F)cc2)CC1)Nc1cc(C2CCOCC2)on1. The fourth-order valence-electron chi connectivity index (χ4n) is 6.67. The van der Waals surface area contributed by atoms with Crippen LogP contribution < -0.4 is 26.7 Å². The maximum atomic E-state index is 13.8. The van der Waals surface area contributed by atoms with Crippen LogP contribution in [0.25, 0.3) is 0 Å². The highest BCUT2D eigenvalue weighted by atomic mass is 32.2. The number of carbonyl (C=O) groups is 2. The molecule has 0 bridgehead atoms. The number of alkyl halides is 5. The number of carbonyl (C=O) groups excluding carboxylic acids is 2. The number of amides is 4. The van der Waals surface area contributed by atoms with Gasteiger partial charge >= 0.3 is 18.2 Å². The molecule has 1 atom stereocenters. The Kier molecular flexibility index (Phi) is 13.4. The molecule has 0 radical (unpaired) electrons. The van der Waals surface area contributed by atoms with Crippen molar-refractivity contribution in [3.05, 3.63) is 82.6 Å². The van der Waals surface area contributed by atoms with Gasteiger partial charge in [0.25, 0.3) is 5.92 Å². The van der Waals surface area contributed by atoms with E-state index < -0.39 is 29.7 Å². The summed E-state index contributed by atoms with van der Waals surface area (Å²) in [5, 5.41) is 19.5. The van der Waals surface area contributed by atoms with Crippen molar-refractivity contribution in [2.24, 2.45) is 11.0 Å². The number of halogens is 5. The average Bonchev–Trinajstić information content (AvgIpc) is 3.61. The van der Waals surface area contributed by atoms with Crippen molar-refractivity contribution in [3.63, 3.8) is 0 Å². The molecule has 5 N–H and O–H groups in total. The van der Waals surface area contributed by atoms with Crippen LogP contribution in [0, 0.1) is 5.92 Å². The maximum absolute atomic E-state index is 13.8. The zero-order valence-electron chi connectivity index (χ0n) is 30.9. The van der Waals surface area contributed by atoms with Gasteiger partial charge in [0.15, 0.2) is 11.0 Å². The Morgan fingerprint density at radius 1 is 0.875 bits per heavy atom. The number of ether oxygens (including phenoxy) is 2. The van der Waals surface area contributed by atoms with Gasteiger partial charge in [-0.1, -0.05) is 54.2 Å². The molecule has 2 saturated heterocycles. The van der Waals surface area contributed by atoms with Gasteiger partial charge in [-0.15, -0.1) is 0 Å². The maximum Gasteiger partial charge on any atom is 0.416 e. The van der Waals surface area contributed by atoms with Crippen molar-refractivity contribution < 1.29 is 45.5 Å². The lowest BCUT2D eigenvalue weighted by Gasteiger charge is -2.26. The van der Waals surface area contributed by atoms with Crippen molar-refractivity contribution in [1.82, 2.24) is 26.5 Å². The Morgan fingerprint density at radius 2 is 1.55 bits per heavy atom. The second kappa shape index (κ2) is 18.2. The number of urea groups is 2. The van der Waals surface area contributed by atoms with Crippen LogP contribution >= 0.6 is 11.8 Å². The summed E-state index contributed by atoms with van der Waals surface area (Å²) in [6, 6.07) is 12.2. The lowest BCUT2D eigenvalue weighted by Crippen LogP contribution is -2.37. The monoisotopic (exact) mass is 807 g/mol. The van der Waals surface area contributed by atoms with E-state index in [9.17, 15) is 31.5 Å². The standard InChI is InChI=1S/C20H22F3N3O3.C18H24F2N4O2S/c21-20(22,23)15-3-1-14(2-4-15)19(7-8-19)12-24-18(27)25-17-11-16(29-26-17)13-5-9-28-10-6-13;1-2-18(19,20)14-5-3-4-12(10-14)11-21-16(25)22-17-24-23-15(27-17)13-6-8-26-9-7-13/h1-4,11,13H,5-10,12H2,(H2,24,25,26,27);3-5,10,13,15,23H,2,6-9,11H2,1H3,(H2,21,22,24,25). The number of nitrogens with zero attached hydrogens (tertiary/aromatic N) is 2. The van der Waals surface area contributed by atoms with E-state index >= 15 is 0 Å². The first kappa shape index (κ1) is 41.2. The Balaban J connectivity index is 0.000000190. The van der Waals surface area contributed by atoms with Crippen molar-refractivity contribution in [1.29, 1.82) is 0 Å². The molecule has 1 unspecified atom stereocenters. The Hall–Kier alpha value is -4.42. The third-order valence-electron chi connectivity index (χ3n) is 10.4. The van der Waals surface area contributed by atoms with Gasteiger partial charge in [0.05, 0.1) is 10.9 Å². The summed E-state index contributed by atoms with van der Waals surface area (Å²) in [7, 11) is 0. The molecule has 4 amide bonds. The van der Waals surface area contributed by atoms with Gasteiger partial charge in [0.1, 0.15) is 5.76 Å². The Bertz CT molecular complexity index is 1810. The fraction of sp³-hybridized carbons (Fsp3) is 0.526. The molecule has 3 aromatic rings. The van der Waals surface area contributed by atoms with Crippen LogP contribution in [-0.2, 0) is 33.5 Å². The normalized spacial score (nSPS) is 19.8. The first-order valence-electron chi connectivity index (χ1n) is 18.7. The molecule has 1 aromatic heterocycles. The van der Waals surface area contributed by atoms with Gasteiger partial charge in [-0.3, -0.25) is 16.1 Å². The largest absolute Gasteiger partial charge is 0.416 e. The van der Waals surface area contributed by atoms with E-state index in [4.69, 9.17) is 14.0 Å². The van der Waals surface area contributed by atoms with E-state index in [0.29, 0.717) is 42.2 Å². The number of aromatic nitrogens is 1. The zero-order valence-corrected chi connectivity index (χ0v) is 31.7. The second-order valence-electron chi connectivity index (χ2n) is 14.3. The molecule has 56 heavy (non-hydrogen) atoms. The highest BCUT2D eigenvalue weighted by Crippen LogP contribution is 2.48. The molecule has 304 valence electrons. The molecule has 2 aromatic carbocycles. The minimum Gasteiger partial charge on any atom is -0.381 e. The molecule has 1 saturated carbocycles. The predicted molar refractivity (Wildman–Crippen MR) is 200 cm³/mol. The number of anilines is 1. The van der Waals surface area contributed by atoms with E-state index in [0.717, 1.165) is 75.2 Å². The second-order valence-corrected chi connectivity index (χ2v) is 15.4. The summed E-state index contributed by atoms with van der Waals surface area (Å²) in [5.41, 5.74) is 3.46. The summed E-state index contributed by atoms with van der Waals surface area (Å²) in [4.78, 5) is 24.3. The molecule has 3 fully saturated rings. The van der Waals surface area contributed by atoms with Gasteiger partial charge in [-0.2, -0.15) is 18.3 Å². The summed E-state index contributed by atoms with van der Waals surface area (Å²) < 4.78 is 81.8. The van der Waals surface area contributed by atoms with Gasteiger partial charge in [0.2, 0.25) is 0 Å². The number of hydrogen-bond acceptors (Lipinski definition) is 9. The van der Waals surface area contributed by atoms with Gasteiger partial charge < -0.3 is 24.6 Å². The summed E-state index contributed by atoms with van der Waals surface area (Å²) in [6.45, 7) is 4.82. The molecular weight excluding hydrogens is 762 g/mol. The number of nitrogens with one attached hydrogen (secondary N) is 5. The van der Waals surface area contributed by atoms with E-state index in [1.165, 1.54) is 43.0 Å². The van der Waals surface area contributed by atoms with Crippen LogP contribution in [0.2, 0.25) is 0 Å². The predicted octanol–water partition coefficient (Wildman–Crippen LogP) is 7.79. The van der Waals surface area contributed by atoms with Crippen LogP contribution in [0.15, 0.2) is 64.2 Å². The third kappa shape index (κ3) is 11.1. The van der Waals surface area contributed by atoms with Crippen LogP contribution in [0.4, 0.5) is 37.4 Å². The van der Waals surface area contributed by atoms with Gasteiger partial charge in [-0.05, 0) is 73.8 Å². The molecule has 0 spiro atoms. The molecular formula is C38H46F5N7O5S. The zero-order chi connectivity index (χ0) is 39.8. The van der Waals surface area contributed by atoms with Crippen LogP contribution in [-0.4, -0.2) is 60.7 Å². The number of benzene rings is 2. The highest BCUT2D eigenvalue weighted by Gasteiger charge is 2.45. The smallest absolute Gasteiger partial charge is 0.381 e. The summed E-state index contributed by atoms with van der Waals surface area (Å²) >= 11 is 1.49. The van der Waals surface area contributed by atoms with E-state index in [2.05, 4.69) is 37.0 Å². The molecule has 18 heteroatoms. The number of hydrazone groups is 1. The number of hydrogen-bond donors (Lipinski definition) is 5. The number of amidine groups is 1. The fourth-order valence-corrected chi connectivity index (χ4v) is 7.74. The van der Waals surface area contributed by atoms with Crippen LogP contribution in [0.1, 0.15) is 85.8 Å². The minimum atomic E-state index is -4.35. The topological polar surface area (TPSA) is 151 Å². The van der Waals surface area contributed by atoms with E-state index in [1.807, 2.05) is 0 Å². The molecule has 7 rings (SSSR count). The molecule has 4 aliphatic rings. The van der Waals surface area contributed by atoms with Gasteiger partial charge in [0, 0.05) is 68.9 Å². The van der Waals surface area contributed by atoms with Crippen molar-refractivity contribution in [3.8, 4) is 0 Å². The lowest BCUT2D eigenvalue weighted by molar-refractivity contribution is -0.137. The van der Waals surface area contributed by atoms with Crippen molar-refractivity contribution in [2.75, 3.05) is 38.3 Å². The van der Waals surface area contributed by atoms with Gasteiger partial charge in [-0.25, -0.2) is 18.4 Å². The Labute approximate surface area is 325 Å². The first-order valence-corrected chi connectivity index (χ1v) is 19.6. The summed E-state index contributed by atoms with van der Waals surface area (Å²) in [6.07, 6.45) is 0.675.